The molecule has 0 heterocycles. The molecule has 94 valence electrons. The van der Waals surface area contributed by atoms with Crippen LogP contribution in [0.5, 0.6) is 0 Å². The summed E-state index contributed by atoms with van der Waals surface area (Å²) in [5.74, 6) is -2.02. The lowest BCUT2D eigenvalue weighted by Gasteiger charge is -2.28. The molecule has 2 rings (SSSR count). The topological polar surface area (TPSA) is 107 Å². The first-order valence-electron chi connectivity index (χ1n) is 5.54. The molecule has 2 fully saturated rings. The second kappa shape index (κ2) is 4.27. The van der Waals surface area contributed by atoms with Crippen molar-refractivity contribution in [2.24, 2.45) is 17.8 Å². The summed E-state index contributed by atoms with van der Waals surface area (Å²) in [4.78, 5) is 11.1. The summed E-state index contributed by atoms with van der Waals surface area (Å²) in [6.07, 6.45) is 2.50. The van der Waals surface area contributed by atoms with Gasteiger partial charge >= 0.3 is 5.97 Å². The molecule has 2 bridgehead atoms. The van der Waals surface area contributed by atoms with Crippen LogP contribution < -0.4 is 4.72 Å². The highest BCUT2D eigenvalue weighted by atomic mass is 32.2. The summed E-state index contributed by atoms with van der Waals surface area (Å²) in [6, 6.07) is 1.03. The van der Waals surface area contributed by atoms with Crippen molar-refractivity contribution in [2.45, 2.75) is 25.3 Å². The Morgan fingerprint density at radius 1 is 1.41 bits per heavy atom. The number of nitrogens with one attached hydrogen (secondary N) is 1. The van der Waals surface area contributed by atoms with Crippen LogP contribution in [-0.2, 0) is 14.8 Å². The Morgan fingerprint density at radius 2 is 2.06 bits per heavy atom. The Kier molecular flexibility index (Phi) is 3.10. The molecule has 2 aliphatic rings. The molecule has 0 aromatic heterocycles. The Hall–Kier alpha value is -1.13. The van der Waals surface area contributed by atoms with Crippen LogP contribution in [0.25, 0.3) is 0 Å². The molecule has 4 atom stereocenters. The SMILES string of the molecule is N#CCS(=O)(=O)NC1C2CCC(C2)C1C(=O)O. The molecule has 2 saturated carbocycles. The van der Waals surface area contributed by atoms with E-state index in [2.05, 4.69) is 4.72 Å². The quantitative estimate of drug-likeness (QED) is 0.734. The van der Waals surface area contributed by atoms with Crippen LogP contribution in [0.2, 0.25) is 0 Å². The Bertz CT molecular complexity index is 467. The summed E-state index contributed by atoms with van der Waals surface area (Å²) in [5, 5.41) is 17.5. The zero-order valence-corrected chi connectivity index (χ0v) is 9.98. The Balaban J connectivity index is 2.15. The summed E-state index contributed by atoms with van der Waals surface area (Å²) in [7, 11) is -3.68. The minimum atomic E-state index is -3.68. The number of carboxylic acid groups (broad SMARTS) is 1. The van der Waals surface area contributed by atoms with Gasteiger partial charge in [-0.05, 0) is 31.1 Å². The van der Waals surface area contributed by atoms with E-state index in [1.165, 1.54) is 0 Å². The lowest BCUT2D eigenvalue weighted by molar-refractivity contribution is -0.144. The van der Waals surface area contributed by atoms with Crippen LogP contribution in [0, 0.1) is 29.1 Å². The van der Waals surface area contributed by atoms with E-state index in [1.54, 1.807) is 6.07 Å². The number of fused-ring (bicyclic) bond motifs is 2. The lowest BCUT2D eigenvalue weighted by Crippen LogP contribution is -2.47. The average Bonchev–Trinajstić information content (AvgIpc) is 2.75. The van der Waals surface area contributed by atoms with Crippen molar-refractivity contribution < 1.29 is 18.3 Å². The highest BCUT2D eigenvalue weighted by Gasteiger charge is 2.52. The van der Waals surface area contributed by atoms with Gasteiger partial charge in [0.1, 0.15) is 0 Å². The van der Waals surface area contributed by atoms with Gasteiger partial charge in [-0.15, -0.1) is 0 Å². The molecule has 0 radical (unpaired) electrons. The van der Waals surface area contributed by atoms with E-state index >= 15 is 0 Å². The monoisotopic (exact) mass is 258 g/mol. The lowest BCUT2D eigenvalue weighted by atomic mass is 9.85. The first kappa shape index (κ1) is 12.3. The maximum absolute atomic E-state index is 11.5. The van der Waals surface area contributed by atoms with E-state index in [1.807, 2.05) is 0 Å². The van der Waals surface area contributed by atoms with Gasteiger partial charge in [0.2, 0.25) is 10.0 Å². The molecule has 6 nitrogen and oxygen atoms in total. The fraction of sp³-hybridized carbons (Fsp3) is 0.800. The van der Waals surface area contributed by atoms with Crippen molar-refractivity contribution in [2.75, 3.05) is 5.75 Å². The van der Waals surface area contributed by atoms with Crippen molar-refractivity contribution in [1.29, 1.82) is 5.26 Å². The molecule has 0 aromatic carbocycles. The third-order valence-corrected chi connectivity index (χ3v) is 4.91. The first-order valence-corrected chi connectivity index (χ1v) is 7.19. The highest BCUT2D eigenvalue weighted by molar-refractivity contribution is 7.89. The summed E-state index contributed by atoms with van der Waals surface area (Å²) < 4.78 is 25.4. The zero-order chi connectivity index (χ0) is 12.6. The molecular weight excluding hydrogens is 244 g/mol. The standard InChI is InChI=1S/C10H14N2O4S/c11-3-4-17(15,16)12-9-7-2-1-6(5-7)8(9)10(13)14/h6-9,12H,1-2,4-5H2,(H,13,14). The number of aliphatic carboxylic acids is 1. The zero-order valence-electron chi connectivity index (χ0n) is 9.17. The van der Waals surface area contributed by atoms with Gasteiger partial charge in [0.15, 0.2) is 5.75 Å². The average molecular weight is 258 g/mol. The number of carboxylic acids is 1. The van der Waals surface area contributed by atoms with Crippen molar-refractivity contribution in [3.05, 3.63) is 0 Å². The molecule has 0 aliphatic heterocycles. The Morgan fingerprint density at radius 3 is 2.65 bits per heavy atom. The number of rotatable bonds is 4. The second-order valence-corrected chi connectivity index (χ2v) is 6.51. The number of hydrogen-bond donors (Lipinski definition) is 2. The number of nitriles is 1. The van der Waals surface area contributed by atoms with E-state index in [4.69, 9.17) is 10.4 Å². The molecule has 2 N–H and O–H groups in total. The van der Waals surface area contributed by atoms with Crippen molar-refractivity contribution in [1.82, 2.24) is 4.72 Å². The van der Waals surface area contributed by atoms with Crippen LogP contribution in [0.4, 0.5) is 0 Å². The van der Waals surface area contributed by atoms with Gasteiger partial charge in [0.25, 0.3) is 0 Å². The van der Waals surface area contributed by atoms with Crippen molar-refractivity contribution >= 4 is 16.0 Å². The van der Waals surface area contributed by atoms with Gasteiger partial charge < -0.3 is 5.11 Å². The van der Waals surface area contributed by atoms with Crippen molar-refractivity contribution in [3.8, 4) is 6.07 Å². The molecule has 0 aromatic rings. The highest BCUT2D eigenvalue weighted by Crippen LogP contribution is 2.48. The molecule has 0 amide bonds. The maximum Gasteiger partial charge on any atom is 0.308 e. The second-order valence-electron chi connectivity index (χ2n) is 4.76. The third-order valence-electron chi connectivity index (χ3n) is 3.77. The molecule has 17 heavy (non-hydrogen) atoms. The Labute approximate surface area is 99.7 Å². The van der Waals surface area contributed by atoms with Crippen molar-refractivity contribution in [3.63, 3.8) is 0 Å². The predicted molar refractivity (Wildman–Crippen MR) is 58.3 cm³/mol. The van der Waals surface area contributed by atoms with Crippen LogP contribution in [0.3, 0.4) is 0 Å². The minimum absolute atomic E-state index is 0.0762. The molecule has 4 unspecified atom stereocenters. The van der Waals surface area contributed by atoms with E-state index in [0.29, 0.717) is 0 Å². The number of carbonyl (C=O) groups is 1. The van der Waals surface area contributed by atoms with Gasteiger partial charge in [0, 0.05) is 6.04 Å². The fourth-order valence-electron chi connectivity index (χ4n) is 3.15. The molecule has 7 heteroatoms. The number of nitrogens with zero attached hydrogens (tertiary/aromatic N) is 1. The summed E-state index contributed by atoms with van der Waals surface area (Å²) in [5.41, 5.74) is 0. The van der Waals surface area contributed by atoms with Crippen LogP contribution in [0.15, 0.2) is 0 Å². The van der Waals surface area contributed by atoms with E-state index in [-0.39, 0.29) is 11.8 Å². The van der Waals surface area contributed by atoms with Gasteiger partial charge in [-0.1, -0.05) is 0 Å². The largest absolute Gasteiger partial charge is 0.481 e. The van der Waals surface area contributed by atoms with Gasteiger partial charge in [-0.2, -0.15) is 5.26 Å². The van der Waals surface area contributed by atoms with Crippen LogP contribution in [0.1, 0.15) is 19.3 Å². The van der Waals surface area contributed by atoms with Crippen LogP contribution >= 0.6 is 0 Å². The smallest absolute Gasteiger partial charge is 0.308 e. The molecular formula is C10H14N2O4S. The summed E-state index contributed by atoms with van der Waals surface area (Å²) >= 11 is 0. The van der Waals surface area contributed by atoms with Gasteiger partial charge in [0.05, 0.1) is 12.0 Å². The van der Waals surface area contributed by atoms with E-state index in [9.17, 15) is 13.2 Å². The summed E-state index contributed by atoms with van der Waals surface area (Å²) in [6.45, 7) is 0. The number of hydrogen-bond acceptors (Lipinski definition) is 4. The molecule has 0 spiro atoms. The van der Waals surface area contributed by atoms with Crippen LogP contribution in [-0.4, -0.2) is 31.3 Å². The van der Waals surface area contributed by atoms with Gasteiger partial charge in [-0.3, -0.25) is 4.79 Å². The van der Waals surface area contributed by atoms with E-state index < -0.39 is 33.7 Å². The predicted octanol–water partition coefficient (Wildman–Crippen LogP) is -0.0713. The molecule has 0 saturated heterocycles. The maximum atomic E-state index is 11.5. The van der Waals surface area contributed by atoms with E-state index in [0.717, 1.165) is 19.3 Å². The number of sulfonamides is 1. The normalized spacial score (nSPS) is 35.7. The minimum Gasteiger partial charge on any atom is -0.481 e. The fourth-order valence-corrected chi connectivity index (χ4v) is 4.16. The van der Waals surface area contributed by atoms with Gasteiger partial charge in [-0.25, -0.2) is 13.1 Å². The third kappa shape index (κ3) is 2.28. The first-order chi connectivity index (χ1) is 7.94. The molecule has 2 aliphatic carbocycles.